The number of esters is 1. The molecule has 1 aliphatic carbocycles. The molecule has 0 aliphatic heterocycles. The topological polar surface area (TPSA) is 55.4 Å². The van der Waals surface area contributed by atoms with E-state index in [9.17, 15) is 9.59 Å². The Morgan fingerprint density at radius 2 is 2.00 bits per heavy atom. The molecule has 0 radical (unpaired) electrons. The van der Waals surface area contributed by atoms with E-state index in [1.54, 1.807) is 25.1 Å². The predicted octanol–water partition coefficient (Wildman–Crippen LogP) is 2.60. The average molecular weight is 275 g/mol. The van der Waals surface area contributed by atoms with Gasteiger partial charge in [-0.1, -0.05) is 30.5 Å². The van der Waals surface area contributed by atoms with Crippen LogP contribution >= 0.6 is 0 Å². The summed E-state index contributed by atoms with van der Waals surface area (Å²) in [5.41, 5.74) is 1.47. The van der Waals surface area contributed by atoms with E-state index in [-0.39, 0.29) is 11.9 Å². The van der Waals surface area contributed by atoms with Crippen LogP contribution in [0.4, 0.5) is 0 Å². The van der Waals surface area contributed by atoms with Gasteiger partial charge in [-0.2, -0.15) is 0 Å². The van der Waals surface area contributed by atoms with Gasteiger partial charge in [0.05, 0.1) is 5.56 Å². The second kappa shape index (κ2) is 6.55. The summed E-state index contributed by atoms with van der Waals surface area (Å²) in [4.78, 5) is 23.9. The van der Waals surface area contributed by atoms with Crippen molar-refractivity contribution in [3.8, 4) is 0 Å². The summed E-state index contributed by atoms with van der Waals surface area (Å²) in [7, 11) is 0. The van der Waals surface area contributed by atoms with Crippen molar-refractivity contribution in [2.24, 2.45) is 0 Å². The summed E-state index contributed by atoms with van der Waals surface area (Å²) in [6, 6.07) is 7.39. The van der Waals surface area contributed by atoms with E-state index >= 15 is 0 Å². The highest BCUT2D eigenvalue weighted by Crippen LogP contribution is 2.18. The van der Waals surface area contributed by atoms with Crippen LogP contribution in [0, 0.1) is 6.92 Å². The minimum Gasteiger partial charge on any atom is -0.449 e. The number of amides is 1. The molecule has 1 aromatic carbocycles. The van der Waals surface area contributed by atoms with Crippen molar-refractivity contribution in [3.05, 3.63) is 35.4 Å². The van der Waals surface area contributed by atoms with Crippen LogP contribution in [-0.4, -0.2) is 24.0 Å². The normalized spacial score (nSPS) is 16.7. The van der Waals surface area contributed by atoms with Crippen molar-refractivity contribution < 1.29 is 14.3 Å². The lowest BCUT2D eigenvalue weighted by atomic mass is 10.1. The molecule has 1 fully saturated rings. The van der Waals surface area contributed by atoms with Gasteiger partial charge in [0, 0.05) is 6.04 Å². The molecule has 1 N–H and O–H groups in total. The molecule has 20 heavy (non-hydrogen) atoms. The molecule has 0 unspecified atom stereocenters. The molecule has 0 bridgehead atoms. The molecule has 1 saturated carbocycles. The zero-order chi connectivity index (χ0) is 14.5. The molecule has 1 amide bonds. The average Bonchev–Trinajstić information content (AvgIpc) is 2.91. The van der Waals surface area contributed by atoms with E-state index in [0.717, 1.165) is 31.2 Å². The summed E-state index contributed by atoms with van der Waals surface area (Å²) in [5, 5.41) is 2.93. The van der Waals surface area contributed by atoms with Crippen molar-refractivity contribution in [2.45, 2.75) is 51.7 Å². The number of rotatable bonds is 4. The van der Waals surface area contributed by atoms with Crippen LogP contribution < -0.4 is 5.32 Å². The number of carbonyl (C=O) groups is 2. The molecule has 1 atom stereocenters. The number of ether oxygens (including phenoxy) is 1. The van der Waals surface area contributed by atoms with Gasteiger partial charge in [0.2, 0.25) is 0 Å². The predicted molar refractivity (Wildman–Crippen MR) is 76.5 cm³/mol. The highest BCUT2D eigenvalue weighted by molar-refractivity contribution is 5.92. The first-order chi connectivity index (χ1) is 9.56. The fraction of sp³-hybridized carbons (Fsp3) is 0.500. The molecule has 0 spiro atoms. The summed E-state index contributed by atoms with van der Waals surface area (Å²) in [5.74, 6) is -0.666. The van der Waals surface area contributed by atoms with Crippen LogP contribution in [0.15, 0.2) is 24.3 Å². The molecular weight excluding hydrogens is 254 g/mol. The summed E-state index contributed by atoms with van der Waals surface area (Å²) < 4.78 is 5.21. The lowest BCUT2D eigenvalue weighted by molar-refractivity contribution is -0.129. The Labute approximate surface area is 119 Å². The molecule has 0 aromatic heterocycles. The monoisotopic (exact) mass is 275 g/mol. The fourth-order valence-electron chi connectivity index (χ4n) is 2.44. The minimum atomic E-state index is -0.761. The number of benzene rings is 1. The van der Waals surface area contributed by atoms with Gasteiger partial charge in [-0.15, -0.1) is 0 Å². The van der Waals surface area contributed by atoms with E-state index in [1.807, 2.05) is 13.0 Å². The van der Waals surface area contributed by atoms with Crippen LogP contribution in [-0.2, 0) is 9.53 Å². The van der Waals surface area contributed by atoms with E-state index < -0.39 is 12.1 Å². The second-order valence-electron chi connectivity index (χ2n) is 5.41. The second-order valence-corrected chi connectivity index (χ2v) is 5.41. The maximum Gasteiger partial charge on any atom is 0.338 e. The SMILES string of the molecule is Cc1cccc(C(=O)O[C@H](C)C(=O)NC2CCCC2)c1. The highest BCUT2D eigenvalue weighted by atomic mass is 16.5. The van der Waals surface area contributed by atoms with E-state index in [0.29, 0.717) is 5.56 Å². The Bertz CT molecular complexity index is 492. The third kappa shape index (κ3) is 3.83. The van der Waals surface area contributed by atoms with E-state index in [4.69, 9.17) is 4.74 Å². The summed E-state index contributed by atoms with van der Waals surface area (Å²) in [6.07, 6.45) is 3.59. The first kappa shape index (κ1) is 14.6. The van der Waals surface area contributed by atoms with Crippen LogP contribution in [0.5, 0.6) is 0 Å². The number of hydrogen-bond acceptors (Lipinski definition) is 3. The van der Waals surface area contributed by atoms with Crippen LogP contribution in [0.2, 0.25) is 0 Å². The maximum absolute atomic E-state index is 11.9. The Kier molecular flexibility index (Phi) is 4.77. The minimum absolute atomic E-state index is 0.210. The van der Waals surface area contributed by atoms with Crippen LogP contribution in [0.1, 0.15) is 48.5 Å². The molecule has 1 aliphatic rings. The van der Waals surface area contributed by atoms with Gasteiger partial charge in [0.25, 0.3) is 5.91 Å². The molecular formula is C16H21NO3. The lowest BCUT2D eigenvalue weighted by Gasteiger charge is -2.17. The first-order valence-electron chi connectivity index (χ1n) is 7.14. The van der Waals surface area contributed by atoms with Gasteiger partial charge >= 0.3 is 5.97 Å². The Balaban J connectivity index is 1.88. The van der Waals surface area contributed by atoms with Gasteiger partial charge in [-0.3, -0.25) is 4.79 Å². The Morgan fingerprint density at radius 1 is 1.30 bits per heavy atom. The molecule has 0 heterocycles. The van der Waals surface area contributed by atoms with Crippen molar-refractivity contribution in [2.75, 3.05) is 0 Å². The van der Waals surface area contributed by atoms with Crippen molar-refractivity contribution in [1.29, 1.82) is 0 Å². The zero-order valence-corrected chi connectivity index (χ0v) is 12.0. The van der Waals surface area contributed by atoms with E-state index in [1.165, 1.54) is 0 Å². The molecule has 108 valence electrons. The number of aryl methyl sites for hydroxylation is 1. The van der Waals surface area contributed by atoms with Crippen molar-refractivity contribution >= 4 is 11.9 Å². The van der Waals surface area contributed by atoms with E-state index in [2.05, 4.69) is 5.32 Å². The number of carbonyl (C=O) groups excluding carboxylic acids is 2. The molecule has 4 heteroatoms. The van der Waals surface area contributed by atoms with Crippen molar-refractivity contribution in [1.82, 2.24) is 5.32 Å². The Morgan fingerprint density at radius 3 is 2.65 bits per heavy atom. The standard InChI is InChI=1S/C16H21NO3/c1-11-6-5-7-13(10-11)16(19)20-12(2)15(18)17-14-8-3-4-9-14/h5-7,10,12,14H,3-4,8-9H2,1-2H3,(H,17,18)/t12-/m1/s1. The molecule has 1 aromatic rings. The Hall–Kier alpha value is -1.84. The third-order valence-corrected chi connectivity index (χ3v) is 3.61. The van der Waals surface area contributed by atoms with Gasteiger partial charge < -0.3 is 10.1 Å². The van der Waals surface area contributed by atoms with Gasteiger partial charge in [-0.05, 0) is 38.8 Å². The molecule has 2 rings (SSSR count). The highest BCUT2D eigenvalue weighted by Gasteiger charge is 2.23. The lowest BCUT2D eigenvalue weighted by Crippen LogP contribution is -2.40. The fourth-order valence-corrected chi connectivity index (χ4v) is 2.44. The molecule has 0 saturated heterocycles. The number of nitrogens with one attached hydrogen (secondary N) is 1. The van der Waals surface area contributed by atoms with Crippen LogP contribution in [0.3, 0.4) is 0 Å². The number of hydrogen-bond donors (Lipinski definition) is 1. The van der Waals surface area contributed by atoms with Gasteiger partial charge in [-0.25, -0.2) is 4.79 Å². The summed E-state index contributed by atoms with van der Waals surface area (Å²) in [6.45, 7) is 3.52. The smallest absolute Gasteiger partial charge is 0.338 e. The van der Waals surface area contributed by atoms with Crippen LogP contribution in [0.25, 0.3) is 0 Å². The largest absolute Gasteiger partial charge is 0.449 e. The van der Waals surface area contributed by atoms with Crippen molar-refractivity contribution in [3.63, 3.8) is 0 Å². The molecule has 4 nitrogen and oxygen atoms in total. The van der Waals surface area contributed by atoms with Gasteiger partial charge in [0.1, 0.15) is 0 Å². The summed E-state index contributed by atoms with van der Waals surface area (Å²) >= 11 is 0. The quantitative estimate of drug-likeness (QED) is 0.859. The zero-order valence-electron chi connectivity index (χ0n) is 12.0. The third-order valence-electron chi connectivity index (χ3n) is 3.61. The first-order valence-corrected chi connectivity index (χ1v) is 7.14. The maximum atomic E-state index is 11.9. The van der Waals surface area contributed by atoms with Gasteiger partial charge in [0.15, 0.2) is 6.10 Å².